The minimum Gasteiger partial charge on any atom is -0.267 e. The molecule has 1 N–H and O–H groups in total. The molecule has 0 radical (unpaired) electrons. The van der Waals surface area contributed by atoms with Gasteiger partial charge in [-0.15, -0.1) is 0 Å². The standard InChI is InChI=1S/C13H12N4O/c1-10(12-6-2-3-8-15-12)16-17-13(18)11-5-4-7-14-9-11/h2-9H,1H3,(H,17,18). The van der Waals surface area contributed by atoms with Gasteiger partial charge in [0.1, 0.15) is 0 Å². The Morgan fingerprint density at radius 3 is 2.78 bits per heavy atom. The van der Waals surface area contributed by atoms with Crippen LogP contribution in [0.2, 0.25) is 0 Å². The third-order valence-electron chi connectivity index (χ3n) is 2.28. The number of hydrogen-bond donors (Lipinski definition) is 1. The smallest absolute Gasteiger partial charge is 0.267 e. The quantitative estimate of drug-likeness (QED) is 0.655. The molecule has 1 amide bonds. The van der Waals surface area contributed by atoms with Gasteiger partial charge in [0, 0.05) is 18.6 Å². The Hall–Kier alpha value is -2.56. The summed E-state index contributed by atoms with van der Waals surface area (Å²) in [5.74, 6) is -0.293. The summed E-state index contributed by atoms with van der Waals surface area (Å²) in [7, 11) is 0. The zero-order valence-electron chi connectivity index (χ0n) is 9.87. The van der Waals surface area contributed by atoms with E-state index < -0.39 is 0 Å². The molecule has 2 aromatic rings. The van der Waals surface area contributed by atoms with Crippen molar-refractivity contribution in [2.75, 3.05) is 0 Å². The molecular formula is C13H12N4O. The maximum atomic E-state index is 11.7. The third-order valence-corrected chi connectivity index (χ3v) is 2.28. The van der Waals surface area contributed by atoms with Crippen molar-refractivity contribution in [1.29, 1.82) is 0 Å². The van der Waals surface area contributed by atoms with E-state index in [4.69, 9.17) is 0 Å². The summed E-state index contributed by atoms with van der Waals surface area (Å²) < 4.78 is 0. The van der Waals surface area contributed by atoms with Crippen LogP contribution in [0.5, 0.6) is 0 Å². The molecule has 5 nitrogen and oxygen atoms in total. The molecule has 0 aliphatic carbocycles. The first-order valence-electron chi connectivity index (χ1n) is 5.43. The monoisotopic (exact) mass is 240 g/mol. The molecule has 2 rings (SSSR count). The highest BCUT2D eigenvalue weighted by Crippen LogP contribution is 1.97. The van der Waals surface area contributed by atoms with Crippen LogP contribution in [0, 0.1) is 0 Å². The predicted octanol–water partition coefficient (Wildman–Crippen LogP) is 1.63. The minimum atomic E-state index is -0.293. The molecule has 90 valence electrons. The number of rotatable bonds is 3. The van der Waals surface area contributed by atoms with Gasteiger partial charge in [-0.25, -0.2) is 5.43 Å². The van der Waals surface area contributed by atoms with E-state index in [0.717, 1.165) is 5.69 Å². The molecule has 0 saturated carbocycles. The predicted molar refractivity (Wildman–Crippen MR) is 68.2 cm³/mol. The first kappa shape index (κ1) is 11.9. The topological polar surface area (TPSA) is 67.2 Å². The SMILES string of the molecule is CC(=NNC(=O)c1cccnc1)c1ccccn1. The number of hydrazone groups is 1. The lowest BCUT2D eigenvalue weighted by Gasteiger charge is -2.01. The van der Waals surface area contributed by atoms with Crippen LogP contribution >= 0.6 is 0 Å². The van der Waals surface area contributed by atoms with Crippen molar-refractivity contribution < 1.29 is 4.79 Å². The average Bonchev–Trinajstić information content (AvgIpc) is 2.46. The number of amides is 1. The minimum absolute atomic E-state index is 0.293. The van der Waals surface area contributed by atoms with Crippen molar-refractivity contribution in [2.24, 2.45) is 5.10 Å². The van der Waals surface area contributed by atoms with Crippen LogP contribution in [0.25, 0.3) is 0 Å². The van der Waals surface area contributed by atoms with Gasteiger partial charge in [-0.3, -0.25) is 14.8 Å². The lowest BCUT2D eigenvalue weighted by atomic mass is 10.2. The number of hydrogen-bond acceptors (Lipinski definition) is 4. The summed E-state index contributed by atoms with van der Waals surface area (Å²) in [5, 5.41) is 4.00. The van der Waals surface area contributed by atoms with E-state index in [-0.39, 0.29) is 5.91 Å². The second-order valence-corrected chi connectivity index (χ2v) is 3.59. The Balaban J connectivity index is 2.05. The number of nitrogens with zero attached hydrogens (tertiary/aromatic N) is 3. The second kappa shape index (κ2) is 5.67. The second-order valence-electron chi connectivity index (χ2n) is 3.59. The van der Waals surface area contributed by atoms with Gasteiger partial charge in [-0.1, -0.05) is 6.07 Å². The normalized spacial score (nSPS) is 11.1. The van der Waals surface area contributed by atoms with E-state index >= 15 is 0 Å². The highest BCUT2D eigenvalue weighted by atomic mass is 16.2. The van der Waals surface area contributed by atoms with E-state index in [2.05, 4.69) is 20.5 Å². The van der Waals surface area contributed by atoms with Crippen molar-refractivity contribution in [3.8, 4) is 0 Å². The Bertz CT molecular complexity index is 552. The van der Waals surface area contributed by atoms with Gasteiger partial charge in [-0.05, 0) is 31.2 Å². The van der Waals surface area contributed by atoms with Crippen molar-refractivity contribution >= 4 is 11.6 Å². The summed E-state index contributed by atoms with van der Waals surface area (Å²) in [6, 6.07) is 8.89. The Morgan fingerprint density at radius 1 is 1.22 bits per heavy atom. The number of pyridine rings is 2. The molecule has 0 fully saturated rings. The first-order chi connectivity index (χ1) is 8.77. The maximum Gasteiger partial charge on any atom is 0.272 e. The highest BCUT2D eigenvalue weighted by molar-refractivity contribution is 5.99. The van der Waals surface area contributed by atoms with Crippen molar-refractivity contribution in [1.82, 2.24) is 15.4 Å². The molecule has 5 heteroatoms. The van der Waals surface area contributed by atoms with E-state index in [0.29, 0.717) is 11.3 Å². The molecule has 0 bridgehead atoms. The summed E-state index contributed by atoms with van der Waals surface area (Å²) in [4.78, 5) is 19.7. The third kappa shape index (κ3) is 2.98. The molecular weight excluding hydrogens is 228 g/mol. The molecule has 0 aliphatic heterocycles. The van der Waals surface area contributed by atoms with Crippen LogP contribution in [0.15, 0.2) is 54.0 Å². The lowest BCUT2D eigenvalue weighted by Crippen LogP contribution is -2.19. The van der Waals surface area contributed by atoms with Gasteiger partial charge >= 0.3 is 0 Å². The number of carbonyl (C=O) groups is 1. The molecule has 18 heavy (non-hydrogen) atoms. The summed E-state index contributed by atoms with van der Waals surface area (Å²) in [6.45, 7) is 1.78. The Morgan fingerprint density at radius 2 is 2.11 bits per heavy atom. The highest BCUT2D eigenvalue weighted by Gasteiger charge is 2.04. The lowest BCUT2D eigenvalue weighted by molar-refractivity contribution is 0.0954. The molecule has 2 heterocycles. The van der Waals surface area contributed by atoms with Crippen molar-refractivity contribution in [3.63, 3.8) is 0 Å². The zero-order chi connectivity index (χ0) is 12.8. The fraction of sp³-hybridized carbons (Fsp3) is 0.0769. The fourth-order valence-electron chi connectivity index (χ4n) is 1.33. The fourth-order valence-corrected chi connectivity index (χ4v) is 1.33. The summed E-state index contributed by atoms with van der Waals surface area (Å²) in [5.41, 5.74) is 4.31. The van der Waals surface area contributed by atoms with E-state index in [1.807, 2.05) is 18.2 Å². The summed E-state index contributed by atoms with van der Waals surface area (Å²) >= 11 is 0. The molecule has 0 saturated heterocycles. The van der Waals surface area contributed by atoms with Crippen molar-refractivity contribution in [3.05, 3.63) is 60.2 Å². The van der Waals surface area contributed by atoms with Crippen molar-refractivity contribution in [2.45, 2.75) is 6.92 Å². The van der Waals surface area contributed by atoms with Gasteiger partial charge in [0.05, 0.1) is 17.0 Å². The van der Waals surface area contributed by atoms with Gasteiger partial charge < -0.3 is 0 Å². The molecule has 2 aromatic heterocycles. The van der Waals surface area contributed by atoms with Crippen LogP contribution in [0.3, 0.4) is 0 Å². The van der Waals surface area contributed by atoms with Gasteiger partial charge in [0.2, 0.25) is 0 Å². The molecule has 0 atom stereocenters. The van der Waals surface area contributed by atoms with E-state index in [1.165, 1.54) is 6.20 Å². The molecule has 0 spiro atoms. The molecule has 0 aliphatic rings. The molecule has 0 unspecified atom stereocenters. The van der Waals surface area contributed by atoms with E-state index in [9.17, 15) is 4.79 Å². The average molecular weight is 240 g/mol. The Labute approximate surface area is 105 Å². The Kier molecular flexibility index (Phi) is 3.76. The van der Waals surface area contributed by atoms with Crippen LogP contribution < -0.4 is 5.43 Å². The summed E-state index contributed by atoms with van der Waals surface area (Å²) in [6.07, 6.45) is 4.78. The van der Waals surface area contributed by atoms with Gasteiger partial charge in [-0.2, -0.15) is 5.10 Å². The van der Waals surface area contributed by atoms with Gasteiger partial charge in [0.25, 0.3) is 5.91 Å². The van der Waals surface area contributed by atoms with Crippen LogP contribution in [0.4, 0.5) is 0 Å². The first-order valence-corrected chi connectivity index (χ1v) is 5.43. The molecule has 0 aromatic carbocycles. The zero-order valence-corrected chi connectivity index (χ0v) is 9.87. The van der Waals surface area contributed by atoms with Crippen LogP contribution in [-0.4, -0.2) is 21.6 Å². The van der Waals surface area contributed by atoms with Crippen LogP contribution in [0.1, 0.15) is 23.0 Å². The van der Waals surface area contributed by atoms with Gasteiger partial charge in [0.15, 0.2) is 0 Å². The van der Waals surface area contributed by atoms with Crippen LogP contribution in [-0.2, 0) is 0 Å². The number of aromatic nitrogens is 2. The number of carbonyl (C=O) groups excluding carboxylic acids is 1. The van der Waals surface area contributed by atoms with E-state index in [1.54, 1.807) is 31.5 Å². The largest absolute Gasteiger partial charge is 0.272 e. The number of nitrogens with one attached hydrogen (secondary N) is 1. The maximum absolute atomic E-state index is 11.7.